The molecule has 0 amide bonds. The van der Waals surface area contributed by atoms with E-state index in [2.05, 4.69) is 22.2 Å². The van der Waals surface area contributed by atoms with Crippen molar-refractivity contribution in [1.29, 1.82) is 0 Å². The Bertz CT molecular complexity index is 736. The van der Waals surface area contributed by atoms with Crippen LogP contribution in [-0.2, 0) is 18.3 Å². The highest BCUT2D eigenvalue weighted by molar-refractivity contribution is 14.0. The van der Waals surface area contributed by atoms with Crippen LogP contribution in [0.15, 0.2) is 41.7 Å². The van der Waals surface area contributed by atoms with E-state index in [4.69, 9.17) is 21.3 Å². The number of hydrogen-bond acceptors (Lipinski definition) is 3. The molecule has 2 heterocycles. The third kappa shape index (κ3) is 5.34. The third-order valence-corrected chi connectivity index (χ3v) is 4.52. The molecule has 1 N–H and O–H groups in total. The topological polar surface area (TPSA) is 54.7 Å². The van der Waals surface area contributed by atoms with E-state index in [1.54, 1.807) is 4.68 Å². The van der Waals surface area contributed by atoms with Gasteiger partial charge in [-0.1, -0.05) is 29.8 Å². The monoisotopic (exact) mass is 489 g/mol. The summed E-state index contributed by atoms with van der Waals surface area (Å²) in [5.74, 6) is 0.889. The van der Waals surface area contributed by atoms with Crippen LogP contribution in [0.1, 0.15) is 24.2 Å². The molecule has 1 atom stereocenters. The van der Waals surface area contributed by atoms with E-state index in [1.807, 2.05) is 43.7 Å². The lowest BCUT2D eigenvalue weighted by atomic mass is 10.1. The molecule has 3 rings (SSSR count). The van der Waals surface area contributed by atoms with Crippen LogP contribution in [0.2, 0.25) is 5.02 Å². The van der Waals surface area contributed by atoms with Gasteiger partial charge in [0.15, 0.2) is 5.96 Å². The first kappa shape index (κ1) is 21.0. The number of nitrogens with one attached hydrogen (secondary N) is 1. The predicted octanol–water partition coefficient (Wildman–Crippen LogP) is 3.23. The van der Waals surface area contributed by atoms with Crippen molar-refractivity contribution < 1.29 is 4.74 Å². The summed E-state index contributed by atoms with van der Waals surface area (Å²) in [4.78, 5) is 7.01. The first-order chi connectivity index (χ1) is 12.2. The summed E-state index contributed by atoms with van der Waals surface area (Å²) in [6, 6.07) is 7.82. The van der Waals surface area contributed by atoms with Crippen LogP contribution >= 0.6 is 35.6 Å². The summed E-state index contributed by atoms with van der Waals surface area (Å²) in [6.45, 7) is 5.67. The number of hydrogen-bond donors (Lipinski definition) is 1. The maximum Gasteiger partial charge on any atom is 0.194 e. The first-order valence-electron chi connectivity index (χ1n) is 8.54. The van der Waals surface area contributed by atoms with Crippen LogP contribution in [0.4, 0.5) is 0 Å². The summed E-state index contributed by atoms with van der Waals surface area (Å²) in [5, 5.41) is 8.36. The smallest absolute Gasteiger partial charge is 0.194 e. The summed E-state index contributed by atoms with van der Waals surface area (Å²) in [5.41, 5.74) is 2.12. The standard InChI is InChI=1S/C18H24ClN5O.HI/c1-3-20-18(21-10-14-6-4-5-7-16(14)19)24-8-9-25-17(13-24)15-11-22-23(2)12-15;/h4-7,11-12,17H,3,8-10,13H2,1-2H3,(H,20,21);1H. The minimum Gasteiger partial charge on any atom is -0.370 e. The molecule has 1 aliphatic rings. The van der Waals surface area contributed by atoms with Crippen molar-refractivity contribution >= 4 is 41.5 Å². The van der Waals surface area contributed by atoms with E-state index >= 15 is 0 Å². The lowest BCUT2D eigenvalue weighted by Gasteiger charge is -2.34. The number of rotatable bonds is 4. The second kappa shape index (κ2) is 10.1. The van der Waals surface area contributed by atoms with Gasteiger partial charge >= 0.3 is 0 Å². The first-order valence-corrected chi connectivity index (χ1v) is 8.92. The number of aryl methyl sites for hydroxylation is 1. The molecule has 1 unspecified atom stereocenters. The van der Waals surface area contributed by atoms with E-state index in [9.17, 15) is 0 Å². The van der Waals surface area contributed by atoms with Gasteiger partial charge < -0.3 is 15.0 Å². The number of aliphatic imine (C=N–C) groups is 1. The van der Waals surface area contributed by atoms with Crippen molar-refractivity contribution in [2.45, 2.75) is 19.6 Å². The third-order valence-electron chi connectivity index (χ3n) is 4.15. The molecule has 142 valence electrons. The highest BCUT2D eigenvalue weighted by Gasteiger charge is 2.25. The zero-order valence-electron chi connectivity index (χ0n) is 15.1. The van der Waals surface area contributed by atoms with Gasteiger partial charge in [-0.25, -0.2) is 4.99 Å². The Hall–Kier alpha value is -1.32. The fraction of sp³-hybridized carbons (Fsp3) is 0.444. The second-order valence-electron chi connectivity index (χ2n) is 6.01. The van der Waals surface area contributed by atoms with E-state index < -0.39 is 0 Å². The number of halogens is 2. The fourth-order valence-electron chi connectivity index (χ4n) is 2.86. The highest BCUT2D eigenvalue weighted by Crippen LogP contribution is 2.22. The highest BCUT2D eigenvalue weighted by atomic mass is 127. The van der Waals surface area contributed by atoms with Crippen LogP contribution in [0.25, 0.3) is 0 Å². The fourth-order valence-corrected chi connectivity index (χ4v) is 3.06. The maximum atomic E-state index is 6.24. The van der Waals surface area contributed by atoms with E-state index in [-0.39, 0.29) is 30.1 Å². The molecule has 1 aromatic carbocycles. The van der Waals surface area contributed by atoms with Gasteiger partial charge in [-0.2, -0.15) is 5.10 Å². The number of aromatic nitrogens is 2. The van der Waals surface area contributed by atoms with Gasteiger partial charge in [0.25, 0.3) is 0 Å². The van der Waals surface area contributed by atoms with Gasteiger partial charge in [0, 0.05) is 36.9 Å². The van der Waals surface area contributed by atoms with E-state index in [0.717, 1.165) is 41.7 Å². The van der Waals surface area contributed by atoms with Crippen molar-refractivity contribution in [3.8, 4) is 0 Å². The van der Waals surface area contributed by atoms with Gasteiger partial charge in [-0.15, -0.1) is 24.0 Å². The van der Waals surface area contributed by atoms with E-state index in [0.29, 0.717) is 13.2 Å². The van der Waals surface area contributed by atoms with Crippen molar-refractivity contribution in [2.24, 2.45) is 12.0 Å². The average molecular weight is 490 g/mol. The number of nitrogens with zero attached hydrogens (tertiary/aromatic N) is 4. The molecule has 1 aromatic heterocycles. The Morgan fingerprint density at radius 1 is 1.42 bits per heavy atom. The number of guanidine groups is 1. The molecule has 1 saturated heterocycles. The van der Waals surface area contributed by atoms with Crippen molar-refractivity contribution in [1.82, 2.24) is 20.0 Å². The van der Waals surface area contributed by atoms with Gasteiger partial charge in [-0.3, -0.25) is 4.68 Å². The van der Waals surface area contributed by atoms with Gasteiger partial charge in [0.1, 0.15) is 6.10 Å². The van der Waals surface area contributed by atoms with Crippen LogP contribution in [0.5, 0.6) is 0 Å². The molecule has 1 fully saturated rings. The predicted molar refractivity (Wildman–Crippen MR) is 115 cm³/mol. The molecular weight excluding hydrogens is 465 g/mol. The Balaban J connectivity index is 0.00000243. The van der Waals surface area contributed by atoms with Crippen molar-refractivity contribution in [3.05, 3.63) is 52.8 Å². The summed E-state index contributed by atoms with van der Waals surface area (Å²) >= 11 is 6.24. The second-order valence-corrected chi connectivity index (χ2v) is 6.42. The number of morpholine rings is 1. The minimum absolute atomic E-state index is 0. The normalized spacial score (nSPS) is 17.7. The largest absolute Gasteiger partial charge is 0.370 e. The molecule has 0 radical (unpaired) electrons. The summed E-state index contributed by atoms with van der Waals surface area (Å²) < 4.78 is 7.72. The molecule has 26 heavy (non-hydrogen) atoms. The number of benzene rings is 1. The van der Waals surface area contributed by atoms with Crippen molar-refractivity contribution in [3.63, 3.8) is 0 Å². The molecular formula is C18H25ClIN5O. The van der Waals surface area contributed by atoms with Gasteiger partial charge in [0.2, 0.25) is 0 Å². The van der Waals surface area contributed by atoms with Crippen LogP contribution in [-0.4, -0.2) is 46.9 Å². The average Bonchev–Trinajstić information content (AvgIpc) is 3.06. The molecule has 0 bridgehead atoms. The maximum absolute atomic E-state index is 6.24. The van der Waals surface area contributed by atoms with Crippen LogP contribution in [0, 0.1) is 0 Å². The van der Waals surface area contributed by atoms with Crippen LogP contribution < -0.4 is 5.32 Å². The quantitative estimate of drug-likeness (QED) is 0.407. The number of ether oxygens (including phenoxy) is 1. The molecule has 0 aliphatic carbocycles. The molecule has 8 heteroatoms. The van der Waals surface area contributed by atoms with Crippen LogP contribution in [0.3, 0.4) is 0 Å². The molecule has 0 saturated carbocycles. The Morgan fingerprint density at radius 3 is 2.92 bits per heavy atom. The molecule has 2 aromatic rings. The minimum atomic E-state index is 0. The summed E-state index contributed by atoms with van der Waals surface area (Å²) in [6.07, 6.45) is 3.87. The van der Waals surface area contributed by atoms with Gasteiger partial charge in [0.05, 0.1) is 25.9 Å². The zero-order valence-corrected chi connectivity index (χ0v) is 18.1. The zero-order chi connectivity index (χ0) is 17.6. The van der Waals surface area contributed by atoms with Crippen molar-refractivity contribution in [2.75, 3.05) is 26.2 Å². The van der Waals surface area contributed by atoms with Gasteiger partial charge in [-0.05, 0) is 18.6 Å². The Kier molecular flexibility index (Phi) is 8.17. The lowest BCUT2D eigenvalue weighted by Crippen LogP contribution is -2.48. The molecule has 1 aliphatic heterocycles. The lowest BCUT2D eigenvalue weighted by molar-refractivity contribution is -0.00805. The SMILES string of the molecule is CCNC(=NCc1ccccc1Cl)N1CCOC(c2cnn(C)c2)C1.I. The molecule has 6 nitrogen and oxygen atoms in total. The Morgan fingerprint density at radius 2 is 2.23 bits per heavy atom. The van der Waals surface area contributed by atoms with E-state index in [1.165, 1.54) is 0 Å². The summed E-state index contributed by atoms with van der Waals surface area (Å²) in [7, 11) is 1.92. The molecule has 0 spiro atoms. The Labute approximate surface area is 176 Å².